The molecule has 3 N–H and O–H groups in total. The summed E-state index contributed by atoms with van der Waals surface area (Å²) >= 11 is 0. The average molecular weight is 465 g/mol. The number of phenols is 1. The summed E-state index contributed by atoms with van der Waals surface area (Å²) < 4.78 is 24.7. The molecule has 0 fully saturated rings. The molecule has 3 aromatic carbocycles. The van der Waals surface area contributed by atoms with Gasteiger partial charge in [0.25, 0.3) is 0 Å². The number of rotatable bonds is 7. The molecular formula is C27H28O5S. The van der Waals surface area contributed by atoms with Crippen LogP contribution < -0.4 is 0 Å². The molecule has 1 aliphatic heterocycles. The highest BCUT2D eigenvalue weighted by Gasteiger charge is 2.39. The van der Waals surface area contributed by atoms with Crippen molar-refractivity contribution in [2.24, 2.45) is 0 Å². The predicted octanol–water partition coefficient (Wildman–Crippen LogP) is 4.33. The second-order valence-corrected chi connectivity index (χ2v) is 10.7. The zero-order valence-corrected chi connectivity index (χ0v) is 19.3. The Morgan fingerprint density at radius 2 is 1.70 bits per heavy atom. The number of hydrogen-bond acceptors (Lipinski definition) is 5. The lowest BCUT2D eigenvalue weighted by atomic mass is 9.92. The summed E-state index contributed by atoms with van der Waals surface area (Å²) in [6, 6.07) is 21.0. The Morgan fingerprint density at radius 3 is 2.39 bits per heavy atom. The maximum atomic E-state index is 12.3. The lowest BCUT2D eigenvalue weighted by Gasteiger charge is -2.19. The summed E-state index contributed by atoms with van der Waals surface area (Å²) in [7, 11) is -3.47. The highest BCUT2D eigenvalue weighted by Crippen LogP contribution is 2.34. The molecule has 0 amide bonds. The molecule has 0 saturated carbocycles. The molecule has 3 aromatic rings. The highest BCUT2D eigenvalue weighted by molar-refractivity contribution is 7.92. The van der Waals surface area contributed by atoms with E-state index >= 15 is 0 Å². The fourth-order valence-corrected chi connectivity index (χ4v) is 6.63. The van der Waals surface area contributed by atoms with E-state index in [0.29, 0.717) is 24.0 Å². The summed E-state index contributed by atoms with van der Waals surface area (Å²) in [6.07, 6.45) is 1.94. The molecule has 4 rings (SSSR count). The third-order valence-electron chi connectivity index (χ3n) is 6.31. The first kappa shape index (κ1) is 23.2. The van der Waals surface area contributed by atoms with E-state index < -0.39 is 27.8 Å². The minimum absolute atomic E-state index is 0.120. The minimum Gasteiger partial charge on any atom is -0.507 e. The van der Waals surface area contributed by atoms with Crippen molar-refractivity contribution < 1.29 is 23.7 Å². The van der Waals surface area contributed by atoms with Gasteiger partial charge in [-0.25, -0.2) is 8.42 Å². The van der Waals surface area contributed by atoms with Gasteiger partial charge in [-0.1, -0.05) is 72.3 Å². The third-order valence-corrected chi connectivity index (χ3v) is 8.42. The minimum atomic E-state index is -3.47. The van der Waals surface area contributed by atoms with Gasteiger partial charge in [0, 0.05) is 5.39 Å². The van der Waals surface area contributed by atoms with Gasteiger partial charge in [0.15, 0.2) is 9.84 Å². The topological polar surface area (TPSA) is 94.8 Å². The molecule has 33 heavy (non-hydrogen) atoms. The molecule has 1 aliphatic rings. The van der Waals surface area contributed by atoms with Gasteiger partial charge in [-0.05, 0) is 53.5 Å². The summed E-state index contributed by atoms with van der Waals surface area (Å²) in [6.45, 7) is 1.19. The molecule has 172 valence electrons. The number of fused-ring (bicyclic) bond motifs is 1. The molecule has 2 atom stereocenters. The number of allylic oxidation sites excluding steroid dienone is 1. The Labute approximate surface area is 194 Å². The lowest BCUT2D eigenvalue weighted by molar-refractivity contribution is 0.190. The molecule has 0 saturated heterocycles. The first-order valence-corrected chi connectivity index (χ1v) is 12.7. The summed E-state index contributed by atoms with van der Waals surface area (Å²) in [5.74, 6) is 0.102. The lowest BCUT2D eigenvalue weighted by Crippen LogP contribution is -2.29. The van der Waals surface area contributed by atoms with E-state index in [1.54, 1.807) is 13.0 Å². The van der Waals surface area contributed by atoms with E-state index in [1.807, 2.05) is 60.7 Å². The van der Waals surface area contributed by atoms with Crippen molar-refractivity contribution in [2.45, 2.75) is 31.1 Å². The molecule has 0 spiro atoms. The molecule has 0 aliphatic carbocycles. The van der Waals surface area contributed by atoms with Crippen molar-refractivity contribution in [2.75, 3.05) is 12.4 Å². The normalized spacial score (nSPS) is 19.2. The van der Waals surface area contributed by atoms with Crippen molar-refractivity contribution >= 4 is 32.3 Å². The Balaban J connectivity index is 1.68. The molecule has 0 bridgehead atoms. The average Bonchev–Trinajstić information content (AvgIpc) is 3.05. The number of sulfone groups is 1. The van der Waals surface area contributed by atoms with Crippen molar-refractivity contribution in [1.82, 2.24) is 0 Å². The largest absolute Gasteiger partial charge is 0.507 e. The summed E-state index contributed by atoms with van der Waals surface area (Å²) in [5.41, 5.74) is 4.00. The summed E-state index contributed by atoms with van der Waals surface area (Å²) in [4.78, 5) is 0. The smallest absolute Gasteiger partial charge is 0.163 e. The maximum absolute atomic E-state index is 12.3. The van der Waals surface area contributed by atoms with E-state index in [2.05, 4.69) is 6.08 Å². The van der Waals surface area contributed by atoms with Gasteiger partial charge in [-0.3, -0.25) is 0 Å². The highest BCUT2D eigenvalue weighted by atomic mass is 32.2. The molecule has 6 heteroatoms. The van der Waals surface area contributed by atoms with Crippen LogP contribution in [0.15, 0.2) is 77.9 Å². The Hall–Kier alpha value is -2.93. The van der Waals surface area contributed by atoms with Gasteiger partial charge in [-0.2, -0.15) is 0 Å². The van der Waals surface area contributed by atoms with E-state index in [0.717, 1.165) is 27.5 Å². The quantitative estimate of drug-likeness (QED) is 0.357. The van der Waals surface area contributed by atoms with Crippen LogP contribution in [0.4, 0.5) is 0 Å². The number of hydrogen-bond donors (Lipinski definition) is 3. The SMILES string of the molecule is CC1=C([C@H](O)CC/C(=C/c2ccc(O)c3ccccc23)c2ccccc2)[C@H](CO)S(=O)(=O)C1. The first-order valence-electron chi connectivity index (χ1n) is 11.0. The fraction of sp³-hybridized carbons (Fsp3) is 0.259. The monoisotopic (exact) mass is 464 g/mol. The van der Waals surface area contributed by atoms with Crippen molar-refractivity contribution in [3.05, 3.63) is 89.0 Å². The van der Waals surface area contributed by atoms with Crippen LogP contribution in [0.2, 0.25) is 0 Å². The molecular weight excluding hydrogens is 436 g/mol. The van der Waals surface area contributed by atoms with Crippen molar-refractivity contribution in [3.8, 4) is 5.75 Å². The van der Waals surface area contributed by atoms with Gasteiger partial charge in [0.2, 0.25) is 0 Å². The van der Waals surface area contributed by atoms with E-state index in [9.17, 15) is 23.7 Å². The van der Waals surface area contributed by atoms with Gasteiger partial charge >= 0.3 is 0 Å². The Bertz CT molecular complexity index is 1320. The van der Waals surface area contributed by atoms with Crippen molar-refractivity contribution in [1.29, 1.82) is 0 Å². The van der Waals surface area contributed by atoms with Crippen LogP contribution in [-0.2, 0) is 9.84 Å². The van der Waals surface area contributed by atoms with E-state index in [4.69, 9.17) is 0 Å². The molecule has 1 heterocycles. The zero-order chi connectivity index (χ0) is 23.6. The van der Waals surface area contributed by atoms with Crippen LogP contribution in [0.1, 0.15) is 30.9 Å². The Morgan fingerprint density at radius 1 is 1.03 bits per heavy atom. The van der Waals surface area contributed by atoms with Crippen molar-refractivity contribution in [3.63, 3.8) is 0 Å². The molecule has 0 radical (unpaired) electrons. The zero-order valence-electron chi connectivity index (χ0n) is 18.5. The number of aliphatic hydroxyl groups is 2. The second kappa shape index (κ2) is 9.51. The second-order valence-electron chi connectivity index (χ2n) is 8.52. The molecule has 0 aromatic heterocycles. The van der Waals surface area contributed by atoms with Gasteiger partial charge < -0.3 is 15.3 Å². The fourth-order valence-electron chi connectivity index (χ4n) is 4.68. The van der Waals surface area contributed by atoms with Gasteiger partial charge in [0.05, 0.1) is 18.5 Å². The van der Waals surface area contributed by atoms with E-state index in [1.165, 1.54) is 0 Å². The summed E-state index contributed by atoms with van der Waals surface area (Å²) in [5, 5.41) is 31.5. The van der Waals surface area contributed by atoms with E-state index in [-0.39, 0.29) is 11.5 Å². The number of phenolic OH excluding ortho intramolecular Hbond substituents is 1. The van der Waals surface area contributed by atoms with Crippen LogP contribution in [0.25, 0.3) is 22.4 Å². The first-order chi connectivity index (χ1) is 15.8. The molecule has 5 nitrogen and oxygen atoms in total. The standard InChI is InChI=1S/C27H28O5S/c1-18-17-33(31,32)26(16-28)27(18)25(30)14-11-20(19-7-3-2-4-8-19)15-21-12-13-24(29)23-10-6-5-9-22(21)23/h2-10,12-13,15,25-26,28-30H,11,14,16-17H2,1H3/b20-15-/t25-,26+/m1/s1. The maximum Gasteiger partial charge on any atom is 0.163 e. The van der Waals surface area contributed by atoms with Gasteiger partial charge in [-0.15, -0.1) is 0 Å². The van der Waals surface area contributed by atoms with Crippen LogP contribution in [0, 0.1) is 0 Å². The third kappa shape index (κ3) is 4.74. The van der Waals surface area contributed by atoms with Crippen LogP contribution in [0.3, 0.4) is 0 Å². The van der Waals surface area contributed by atoms with Crippen LogP contribution >= 0.6 is 0 Å². The van der Waals surface area contributed by atoms with Crippen LogP contribution in [-0.4, -0.2) is 47.5 Å². The number of aromatic hydroxyl groups is 1. The number of aliphatic hydroxyl groups excluding tert-OH is 2. The van der Waals surface area contributed by atoms with Gasteiger partial charge in [0.1, 0.15) is 11.0 Å². The number of benzene rings is 3. The molecule has 0 unspecified atom stereocenters. The predicted molar refractivity (Wildman–Crippen MR) is 133 cm³/mol. The Kier molecular flexibility index (Phi) is 6.70. The van der Waals surface area contributed by atoms with Crippen LogP contribution in [0.5, 0.6) is 5.75 Å².